The van der Waals surface area contributed by atoms with Gasteiger partial charge in [0.05, 0.1) is 6.54 Å². The molecule has 3 rings (SSSR count). The molecule has 1 saturated carbocycles. The van der Waals surface area contributed by atoms with Crippen LogP contribution in [0.15, 0.2) is 35.7 Å². The van der Waals surface area contributed by atoms with Gasteiger partial charge in [-0.05, 0) is 25.8 Å². The lowest BCUT2D eigenvalue weighted by atomic mass is 10.2. The average Bonchev–Trinajstić information content (AvgIpc) is 3.16. The van der Waals surface area contributed by atoms with E-state index in [2.05, 4.69) is 20.3 Å². The second-order valence-corrected chi connectivity index (χ2v) is 4.95. The fourth-order valence-corrected chi connectivity index (χ4v) is 2.03. The summed E-state index contributed by atoms with van der Waals surface area (Å²) >= 11 is 0. The predicted octanol–water partition coefficient (Wildman–Crippen LogP) is 1.76. The van der Waals surface area contributed by atoms with E-state index in [1.165, 1.54) is 12.8 Å². The Balaban J connectivity index is 0.00000161. The fourth-order valence-electron chi connectivity index (χ4n) is 2.03. The van der Waals surface area contributed by atoms with Crippen molar-refractivity contribution in [3.8, 4) is 5.82 Å². The highest BCUT2D eigenvalue weighted by Crippen LogP contribution is 2.18. The minimum absolute atomic E-state index is 0. The summed E-state index contributed by atoms with van der Waals surface area (Å²) < 4.78 is 1.95. The number of imidazole rings is 1. The molecule has 0 bridgehead atoms. The first-order chi connectivity index (χ1) is 9.74. The normalized spacial score (nSPS) is 14.6. The number of rotatable bonds is 4. The Morgan fingerprint density at radius 3 is 2.90 bits per heavy atom. The van der Waals surface area contributed by atoms with E-state index in [1.807, 2.05) is 29.8 Å². The maximum absolute atomic E-state index is 5.86. The number of hydrogen-bond acceptors (Lipinski definition) is 3. The SMILES string of the molecule is Cc1nccn1-c1ncccc1CN=C(N)NC1CC1.I. The monoisotopic (exact) mass is 398 g/mol. The lowest BCUT2D eigenvalue weighted by Crippen LogP contribution is -2.33. The molecule has 2 aromatic rings. The van der Waals surface area contributed by atoms with Gasteiger partial charge in [-0.1, -0.05) is 6.07 Å². The van der Waals surface area contributed by atoms with Gasteiger partial charge in [0.15, 0.2) is 5.96 Å². The molecule has 0 aliphatic heterocycles. The summed E-state index contributed by atoms with van der Waals surface area (Å²) in [6.07, 6.45) is 7.80. The van der Waals surface area contributed by atoms with Gasteiger partial charge in [0.1, 0.15) is 11.6 Å². The molecule has 7 heteroatoms. The number of halogens is 1. The third-order valence-electron chi connectivity index (χ3n) is 3.27. The molecule has 0 atom stereocenters. The Morgan fingerprint density at radius 2 is 2.24 bits per heavy atom. The van der Waals surface area contributed by atoms with E-state index in [0.29, 0.717) is 18.5 Å². The Kier molecular flexibility index (Phi) is 5.16. The summed E-state index contributed by atoms with van der Waals surface area (Å²) in [5, 5.41) is 3.18. The van der Waals surface area contributed by atoms with E-state index in [4.69, 9.17) is 5.73 Å². The van der Waals surface area contributed by atoms with Crippen molar-refractivity contribution in [2.45, 2.75) is 32.4 Å². The standard InChI is InChI=1S/C14H18N6.HI/c1-10-16-7-8-20(10)13-11(3-2-6-17-13)9-18-14(15)19-12-4-5-12;/h2-3,6-8,12H,4-5,9H2,1H3,(H3,15,18,19);1H. The molecule has 21 heavy (non-hydrogen) atoms. The smallest absolute Gasteiger partial charge is 0.189 e. The quantitative estimate of drug-likeness (QED) is 0.467. The van der Waals surface area contributed by atoms with Crippen LogP contribution >= 0.6 is 24.0 Å². The van der Waals surface area contributed by atoms with Crippen LogP contribution in [0.3, 0.4) is 0 Å². The number of aliphatic imine (C=N–C) groups is 1. The first kappa shape index (κ1) is 15.7. The summed E-state index contributed by atoms with van der Waals surface area (Å²) in [5.41, 5.74) is 6.88. The van der Waals surface area contributed by atoms with Gasteiger partial charge in [-0.15, -0.1) is 24.0 Å². The maximum atomic E-state index is 5.86. The molecule has 0 saturated heterocycles. The number of aryl methyl sites for hydroxylation is 1. The molecule has 0 amide bonds. The van der Waals surface area contributed by atoms with Crippen molar-refractivity contribution in [1.29, 1.82) is 0 Å². The molecule has 0 spiro atoms. The Hall–Kier alpha value is -1.64. The van der Waals surface area contributed by atoms with Gasteiger partial charge < -0.3 is 11.1 Å². The van der Waals surface area contributed by atoms with E-state index >= 15 is 0 Å². The van der Waals surface area contributed by atoms with Gasteiger partial charge in [-0.25, -0.2) is 15.0 Å². The van der Waals surface area contributed by atoms with Gasteiger partial charge in [0.2, 0.25) is 0 Å². The molecule has 1 fully saturated rings. The molecule has 2 heterocycles. The van der Waals surface area contributed by atoms with Gasteiger partial charge in [-0.3, -0.25) is 4.57 Å². The summed E-state index contributed by atoms with van der Waals surface area (Å²) in [4.78, 5) is 13.0. The number of pyridine rings is 1. The van der Waals surface area contributed by atoms with E-state index < -0.39 is 0 Å². The zero-order valence-electron chi connectivity index (χ0n) is 11.9. The molecular weight excluding hydrogens is 379 g/mol. The number of aromatic nitrogens is 3. The van der Waals surface area contributed by atoms with Crippen molar-refractivity contribution in [2.24, 2.45) is 10.7 Å². The minimum atomic E-state index is 0. The van der Waals surface area contributed by atoms with Crippen LogP contribution in [-0.4, -0.2) is 26.5 Å². The second-order valence-electron chi connectivity index (χ2n) is 4.95. The zero-order valence-corrected chi connectivity index (χ0v) is 14.2. The molecule has 112 valence electrons. The second kappa shape index (κ2) is 6.88. The predicted molar refractivity (Wildman–Crippen MR) is 93.0 cm³/mol. The van der Waals surface area contributed by atoms with Crippen LogP contribution in [0, 0.1) is 6.92 Å². The molecular formula is C14H19IN6. The van der Waals surface area contributed by atoms with Crippen LogP contribution in [0.4, 0.5) is 0 Å². The molecule has 0 aromatic carbocycles. The number of nitrogens with two attached hydrogens (primary N) is 1. The zero-order chi connectivity index (χ0) is 13.9. The summed E-state index contributed by atoms with van der Waals surface area (Å²) in [6, 6.07) is 4.43. The Labute approximate surface area is 140 Å². The average molecular weight is 398 g/mol. The molecule has 1 aliphatic rings. The van der Waals surface area contributed by atoms with Crippen molar-refractivity contribution < 1.29 is 0 Å². The number of nitrogens with zero attached hydrogens (tertiary/aromatic N) is 4. The summed E-state index contributed by atoms with van der Waals surface area (Å²) in [7, 11) is 0. The number of guanidine groups is 1. The number of hydrogen-bond donors (Lipinski definition) is 2. The molecule has 0 unspecified atom stereocenters. The molecule has 2 aromatic heterocycles. The Bertz CT molecular complexity index is 632. The lowest BCUT2D eigenvalue weighted by molar-refractivity contribution is 0.864. The largest absolute Gasteiger partial charge is 0.370 e. The van der Waals surface area contributed by atoms with Crippen LogP contribution < -0.4 is 11.1 Å². The van der Waals surface area contributed by atoms with Gasteiger partial charge in [0.25, 0.3) is 0 Å². The van der Waals surface area contributed by atoms with Gasteiger partial charge >= 0.3 is 0 Å². The van der Waals surface area contributed by atoms with Crippen LogP contribution in [0.5, 0.6) is 0 Å². The van der Waals surface area contributed by atoms with Gasteiger partial charge in [0, 0.05) is 30.2 Å². The van der Waals surface area contributed by atoms with Crippen molar-refractivity contribution in [2.75, 3.05) is 0 Å². The molecule has 0 radical (unpaired) electrons. The van der Waals surface area contributed by atoms with Crippen LogP contribution in [0.2, 0.25) is 0 Å². The molecule has 6 nitrogen and oxygen atoms in total. The first-order valence-corrected chi connectivity index (χ1v) is 6.74. The van der Waals surface area contributed by atoms with Crippen LogP contribution in [0.25, 0.3) is 5.82 Å². The van der Waals surface area contributed by atoms with E-state index in [9.17, 15) is 0 Å². The van der Waals surface area contributed by atoms with Crippen molar-refractivity contribution in [1.82, 2.24) is 19.9 Å². The topological polar surface area (TPSA) is 81.1 Å². The van der Waals surface area contributed by atoms with E-state index in [1.54, 1.807) is 12.4 Å². The third kappa shape index (κ3) is 3.93. The summed E-state index contributed by atoms with van der Waals surface area (Å²) in [5.74, 6) is 2.26. The number of nitrogens with one attached hydrogen (secondary N) is 1. The highest BCUT2D eigenvalue weighted by molar-refractivity contribution is 14.0. The maximum Gasteiger partial charge on any atom is 0.189 e. The lowest BCUT2D eigenvalue weighted by Gasteiger charge is -2.09. The minimum Gasteiger partial charge on any atom is -0.370 e. The van der Waals surface area contributed by atoms with Crippen molar-refractivity contribution in [3.63, 3.8) is 0 Å². The van der Waals surface area contributed by atoms with Crippen LogP contribution in [0.1, 0.15) is 24.2 Å². The van der Waals surface area contributed by atoms with E-state index in [0.717, 1.165) is 17.2 Å². The summed E-state index contributed by atoms with van der Waals surface area (Å²) in [6.45, 7) is 2.46. The molecule has 1 aliphatic carbocycles. The van der Waals surface area contributed by atoms with Gasteiger partial charge in [-0.2, -0.15) is 0 Å². The first-order valence-electron chi connectivity index (χ1n) is 6.74. The highest BCUT2D eigenvalue weighted by Gasteiger charge is 2.21. The molecule has 3 N–H and O–H groups in total. The van der Waals surface area contributed by atoms with Crippen molar-refractivity contribution >= 4 is 29.9 Å². The third-order valence-corrected chi connectivity index (χ3v) is 3.27. The van der Waals surface area contributed by atoms with E-state index in [-0.39, 0.29) is 24.0 Å². The fraction of sp³-hybridized carbons (Fsp3) is 0.357. The van der Waals surface area contributed by atoms with Crippen LogP contribution in [-0.2, 0) is 6.54 Å². The highest BCUT2D eigenvalue weighted by atomic mass is 127. The van der Waals surface area contributed by atoms with Crippen molar-refractivity contribution in [3.05, 3.63) is 42.1 Å². The Morgan fingerprint density at radius 1 is 1.43 bits per heavy atom.